The van der Waals surface area contributed by atoms with Crippen molar-refractivity contribution in [2.45, 2.75) is 19.0 Å². The molecule has 7 N–H and O–H groups in total. The Hall–Kier alpha value is -5.20. The van der Waals surface area contributed by atoms with E-state index in [4.69, 9.17) is 28.3 Å². The Bertz CT molecular complexity index is 1770. The van der Waals surface area contributed by atoms with Crippen molar-refractivity contribution in [1.29, 1.82) is 0 Å². The number of carbonyl (C=O) groups is 2. The van der Waals surface area contributed by atoms with E-state index in [9.17, 15) is 14.0 Å². The molecule has 3 aromatic carbocycles. The zero-order chi connectivity index (χ0) is 31.4. The van der Waals surface area contributed by atoms with Gasteiger partial charge in [-0.25, -0.2) is 15.2 Å². The Kier molecular flexibility index (Phi) is 8.93. The highest BCUT2D eigenvalue weighted by Crippen LogP contribution is 2.30. The van der Waals surface area contributed by atoms with Crippen LogP contribution in [0.5, 0.6) is 0 Å². The minimum Gasteiger partial charge on any atom is -0.388 e. The number of anilines is 2. The number of halogens is 2. The molecule has 1 aromatic heterocycles. The van der Waals surface area contributed by atoms with Crippen molar-refractivity contribution in [3.05, 3.63) is 106 Å². The highest BCUT2D eigenvalue weighted by molar-refractivity contribution is 6.30. The molecule has 4 aromatic rings. The lowest BCUT2D eigenvalue weighted by atomic mass is 10.0. The molecule has 0 spiro atoms. The molecule has 4 bridgehead atoms. The average Bonchev–Trinajstić information content (AvgIpc) is 3.50. The predicted molar refractivity (Wildman–Crippen MR) is 170 cm³/mol. The van der Waals surface area contributed by atoms with Crippen LogP contribution in [0.2, 0.25) is 5.02 Å². The van der Waals surface area contributed by atoms with Gasteiger partial charge in [0, 0.05) is 54.7 Å². The van der Waals surface area contributed by atoms with Gasteiger partial charge in [0.25, 0.3) is 5.91 Å². The highest BCUT2D eigenvalue weighted by atomic mass is 35.5. The number of aromatic amines is 1. The Morgan fingerprint density at radius 3 is 2.80 bits per heavy atom. The summed E-state index contributed by atoms with van der Waals surface area (Å²) in [5.74, 6) is 10.2. The number of nitrogens with two attached hydrogens (primary N) is 2. The van der Waals surface area contributed by atoms with Gasteiger partial charge in [-0.2, -0.15) is 5.10 Å². The lowest BCUT2D eigenvalue weighted by Gasteiger charge is -2.20. The third kappa shape index (κ3) is 6.56. The number of H-pyrrole nitrogens is 1. The molecule has 0 fully saturated rings. The summed E-state index contributed by atoms with van der Waals surface area (Å²) < 4.78 is 14.9. The largest absolute Gasteiger partial charge is 0.388 e. The maximum atomic E-state index is 14.9. The minimum atomic E-state index is -0.651. The second kappa shape index (κ2) is 13.0. The molecule has 1 aliphatic heterocycles. The minimum absolute atomic E-state index is 0.0549. The maximum Gasteiger partial charge on any atom is 0.256 e. The van der Waals surface area contributed by atoms with Crippen molar-refractivity contribution in [1.82, 2.24) is 20.2 Å². The molecule has 0 aliphatic carbocycles. The van der Waals surface area contributed by atoms with E-state index in [0.717, 1.165) is 16.8 Å². The predicted octanol–water partition coefficient (Wildman–Crippen LogP) is 4.19. The van der Waals surface area contributed by atoms with E-state index < -0.39 is 23.7 Å². The van der Waals surface area contributed by atoms with Crippen molar-refractivity contribution in [2.75, 3.05) is 24.4 Å². The third-order valence-electron chi connectivity index (χ3n) is 7.24. The van der Waals surface area contributed by atoms with Crippen LogP contribution in [0.1, 0.15) is 38.9 Å². The highest BCUT2D eigenvalue weighted by Gasteiger charge is 2.24. The van der Waals surface area contributed by atoms with Crippen molar-refractivity contribution in [2.24, 2.45) is 16.8 Å². The number of nitrogens with zero attached hydrogens (tertiary/aromatic N) is 4. The SMILES string of the molecule is CNc1ccc2c(c1)CN(C)C(=O)c1cc(ccc1F)C[C@H](NC(=O)/C=C/c1cc(Cl)ccc1N(N)/C=N\N)c1nc-2c[nH]1. The van der Waals surface area contributed by atoms with Crippen molar-refractivity contribution >= 4 is 47.2 Å². The summed E-state index contributed by atoms with van der Waals surface area (Å²) in [5, 5.41) is 11.2. The van der Waals surface area contributed by atoms with Crippen LogP contribution >= 0.6 is 11.6 Å². The van der Waals surface area contributed by atoms with E-state index in [2.05, 4.69) is 20.7 Å². The van der Waals surface area contributed by atoms with Gasteiger partial charge in [-0.05, 0) is 66.1 Å². The van der Waals surface area contributed by atoms with Crippen molar-refractivity contribution in [3.63, 3.8) is 0 Å². The monoisotopic (exact) mass is 615 g/mol. The Morgan fingerprint density at radius 2 is 2.02 bits per heavy atom. The topological polar surface area (TPSA) is 158 Å². The molecule has 0 saturated carbocycles. The zero-order valence-corrected chi connectivity index (χ0v) is 24.8. The number of hydrogen-bond acceptors (Lipinski definition) is 7. The first-order chi connectivity index (χ1) is 21.2. The quantitative estimate of drug-likeness (QED) is 0.0715. The van der Waals surface area contributed by atoms with Crippen molar-refractivity contribution in [3.8, 4) is 11.3 Å². The molecule has 2 amide bonds. The number of fused-ring (bicyclic) bond motifs is 6. The zero-order valence-electron chi connectivity index (χ0n) is 24.0. The fourth-order valence-corrected chi connectivity index (χ4v) is 5.22. The molecule has 1 atom stereocenters. The van der Waals surface area contributed by atoms with E-state index in [1.807, 2.05) is 18.2 Å². The Balaban J connectivity index is 1.52. The fraction of sp³-hybridized carbons (Fsp3) is 0.161. The number of benzene rings is 3. The van der Waals surface area contributed by atoms with E-state index in [1.165, 1.54) is 34.5 Å². The van der Waals surface area contributed by atoms with E-state index in [-0.39, 0.29) is 18.5 Å². The van der Waals surface area contributed by atoms with E-state index in [1.54, 1.807) is 50.6 Å². The second-order valence-corrected chi connectivity index (χ2v) is 10.7. The third-order valence-corrected chi connectivity index (χ3v) is 7.48. The number of hydrogen-bond donors (Lipinski definition) is 5. The second-order valence-electron chi connectivity index (χ2n) is 10.2. The maximum absolute atomic E-state index is 14.9. The molecular formula is C31H31ClFN9O2. The molecule has 226 valence electrons. The molecule has 0 unspecified atom stereocenters. The summed E-state index contributed by atoms with van der Waals surface area (Å²) in [6, 6.07) is 14.4. The Morgan fingerprint density at radius 1 is 1.20 bits per heavy atom. The molecule has 11 nitrogen and oxygen atoms in total. The van der Waals surface area contributed by atoms with Gasteiger partial charge in [0.1, 0.15) is 18.0 Å². The lowest BCUT2D eigenvalue weighted by Crippen LogP contribution is -2.30. The first-order valence-electron chi connectivity index (χ1n) is 13.6. The van der Waals surface area contributed by atoms with Gasteiger partial charge in [-0.1, -0.05) is 23.7 Å². The number of aromatic nitrogens is 2. The van der Waals surface area contributed by atoms with Crippen LogP contribution in [0.15, 0.2) is 72.0 Å². The summed E-state index contributed by atoms with van der Waals surface area (Å²) >= 11 is 6.19. The molecular weight excluding hydrogens is 585 g/mol. The van der Waals surface area contributed by atoms with Gasteiger partial charge in [-0.3, -0.25) is 14.6 Å². The van der Waals surface area contributed by atoms with Crippen LogP contribution < -0.4 is 27.3 Å². The smallest absolute Gasteiger partial charge is 0.256 e. The number of imidazole rings is 1. The number of hydrazone groups is 1. The lowest BCUT2D eigenvalue weighted by molar-refractivity contribution is -0.117. The van der Waals surface area contributed by atoms with Crippen LogP contribution in [-0.4, -0.2) is 47.1 Å². The number of amides is 2. The summed E-state index contributed by atoms with van der Waals surface area (Å²) in [7, 11) is 3.44. The van der Waals surface area contributed by atoms with Gasteiger partial charge >= 0.3 is 0 Å². The number of rotatable bonds is 6. The summed E-state index contributed by atoms with van der Waals surface area (Å²) in [5.41, 5.74) is 4.75. The number of nitrogens with one attached hydrogen (secondary N) is 3. The normalized spacial score (nSPS) is 15.0. The van der Waals surface area contributed by atoms with Crippen LogP contribution in [0.4, 0.5) is 15.8 Å². The molecule has 0 radical (unpaired) electrons. The van der Waals surface area contributed by atoms with Crippen LogP contribution in [-0.2, 0) is 17.8 Å². The summed E-state index contributed by atoms with van der Waals surface area (Å²) in [4.78, 5) is 36.2. The summed E-state index contributed by atoms with van der Waals surface area (Å²) in [6.45, 7) is 0.226. The molecule has 13 heteroatoms. The number of hydrazine groups is 1. The first-order valence-corrected chi connectivity index (χ1v) is 14.0. The molecule has 1 aliphatic rings. The van der Waals surface area contributed by atoms with Crippen molar-refractivity contribution < 1.29 is 14.0 Å². The van der Waals surface area contributed by atoms with Gasteiger partial charge < -0.3 is 26.4 Å². The molecule has 0 saturated heterocycles. The average molecular weight is 616 g/mol. The first kappa shape index (κ1) is 30.3. The Labute approximate surface area is 258 Å². The molecule has 2 heterocycles. The fourth-order valence-electron chi connectivity index (χ4n) is 5.04. The van der Waals surface area contributed by atoms with Crippen LogP contribution in [0.3, 0.4) is 0 Å². The standard InChI is InChI=1S/C31H31ClFN9O2/c1-36-22-6-7-23-20(14-22)16-41(2)31(44)24-11-18(3-8-25(24)33)12-26(30-37-15-27(23)40-30)39-29(43)10-4-19-13-21(32)5-9-28(19)42(35)17-38-34/h3-11,13-15,17,26,36H,12,16,34-35H2,1-2H3,(H,37,40)(H,39,43)/b10-4+,38-17-/t26-/m0/s1. The van der Waals surface area contributed by atoms with E-state index in [0.29, 0.717) is 33.4 Å². The molecule has 5 rings (SSSR count). The van der Waals surface area contributed by atoms with Crippen LogP contribution in [0.25, 0.3) is 17.3 Å². The van der Waals surface area contributed by atoms with Gasteiger partial charge in [0.05, 0.1) is 23.0 Å². The van der Waals surface area contributed by atoms with Crippen LogP contribution in [0, 0.1) is 5.82 Å². The van der Waals surface area contributed by atoms with Gasteiger partial charge in [0.2, 0.25) is 5.91 Å². The number of carbonyl (C=O) groups excluding carboxylic acids is 2. The summed E-state index contributed by atoms with van der Waals surface area (Å²) in [6.07, 6.45) is 6.12. The van der Waals surface area contributed by atoms with Gasteiger partial charge in [-0.15, -0.1) is 0 Å². The molecule has 44 heavy (non-hydrogen) atoms. The van der Waals surface area contributed by atoms with E-state index >= 15 is 0 Å². The van der Waals surface area contributed by atoms with Gasteiger partial charge in [0.15, 0.2) is 0 Å².